The van der Waals surface area contributed by atoms with Crippen LogP contribution in [-0.4, -0.2) is 0 Å². The number of hydrogen-bond donors (Lipinski definition) is 0. The Morgan fingerprint density at radius 1 is 1.07 bits per heavy atom. The molecular formula is C14H20. The van der Waals surface area contributed by atoms with Crippen LogP contribution in [0.3, 0.4) is 0 Å². The van der Waals surface area contributed by atoms with Crippen LogP contribution in [0.5, 0.6) is 0 Å². The average Bonchev–Trinajstić information content (AvgIpc) is 2.69. The molecule has 1 saturated carbocycles. The number of hydrogen-bond acceptors (Lipinski definition) is 0. The van der Waals surface area contributed by atoms with Crippen LogP contribution >= 0.6 is 0 Å². The molecule has 1 aliphatic rings. The third-order valence-electron chi connectivity index (χ3n) is 3.84. The molecule has 0 radical (unpaired) electrons. The molecule has 0 heterocycles. The number of rotatable bonds is 3. The predicted octanol–water partition coefficient (Wildman–Crippen LogP) is 4.20. The zero-order chi connectivity index (χ0) is 9.86. The molecule has 1 aromatic rings. The molecular weight excluding hydrogens is 168 g/mol. The molecule has 0 N–H and O–H groups in total. The van der Waals surface area contributed by atoms with E-state index in [0.29, 0.717) is 5.41 Å². The van der Waals surface area contributed by atoms with Crippen molar-refractivity contribution >= 4 is 0 Å². The quantitative estimate of drug-likeness (QED) is 0.667. The van der Waals surface area contributed by atoms with E-state index in [1.807, 2.05) is 0 Å². The van der Waals surface area contributed by atoms with Crippen LogP contribution in [0.15, 0.2) is 30.3 Å². The molecule has 0 aromatic heterocycles. The van der Waals surface area contributed by atoms with Crippen molar-refractivity contribution in [3.63, 3.8) is 0 Å². The molecule has 1 aliphatic carbocycles. The summed E-state index contributed by atoms with van der Waals surface area (Å²) in [6.45, 7) is 2.36. The van der Waals surface area contributed by atoms with E-state index >= 15 is 0 Å². The molecule has 0 nitrogen and oxygen atoms in total. The van der Waals surface area contributed by atoms with E-state index in [-0.39, 0.29) is 0 Å². The molecule has 0 saturated heterocycles. The molecule has 0 spiro atoms. The van der Waals surface area contributed by atoms with Gasteiger partial charge in [-0.1, -0.05) is 56.5 Å². The van der Waals surface area contributed by atoms with Gasteiger partial charge in [-0.15, -0.1) is 0 Å². The second-order valence-electron chi connectivity index (χ2n) is 4.72. The van der Waals surface area contributed by atoms with Crippen LogP contribution in [0, 0.1) is 5.41 Å². The third kappa shape index (κ3) is 2.00. The van der Waals surface area contributed by atoms with Gasteiger partial charge >= 0.3 is 0 Å². The predicted molar refractivity (Wildman–Crippen MR) is 61.3 cm³/mol. The summed E-state index contributed by atoms with van der Waals surface area (Å²) >= 11 is 0. The Kier molecular flexibility index (Phi) is 2.90. The highest BCUT2D eigenvalue weighted by molar-refractivity contribution is 5.16. The minimum absolute atomic E-state index is 0.640. The van der Waals surface area contributed by atoms with Crippen molar-refractivity contribution in [2.24, 2.45) is 5.41 Å². The molecule has 1 fully saturated rings. The normalized spacial score (nSPS) is 19.8. The molecule has 1 aromatic carbocycles. The van der Waals surface area contributed by atoms with Gasteiger partial charge in [0.15, 0.2) is 0 Å². The van der Waals surface area contributed by atoms with Gasteiger partial charge in [0.05, 0.1) is 0 Å². The van der Waals surface area contributed by atoms with Gasteiger partial charge in [0.25, 0.3) is 0 Å². The van der Waals surface area contributed by atoms with Crippen LogP contribution in [0.2, 0.25) is 0 Å². The van der Waals surface area contributed by atoms with Crippen molar-refractivity contribution < 1.29 is 0 Å². The van der Waals surface area contributed by atoms with Gasteiger partial charge in [0.1, 0.15) is 0 Å². The lowest BCUT2D eigenvalue weighted by molar-refractivity contribution is 0.282. The van der Waals surface area contributed by atoms with Crippen LogP contribution in [0.4, 0.5) is 0 Å². The maximum absolute atomic E-state index is 2.36. The Bertz CT molecular complexity index is 267. The minimum atomic E-state index is 0.640. The van der Waals surface area contributed by atoms with Crippen LogP contribution in [0.25, 0.3) is 0 Å². The SMILES string of the molecule is CCC1(Cc2ccccc2)CCCC1. The zero-order valence-electron chi connectivity index (χ0n) is 9.13. The molecule has 0 unspecified atom stereocenters. The van der Waals surface area contributed by atoms with Gasteiger partial charge < -0.3 is 0 Å². The Morgan fingerprint density at radius 3 is 2.29 bits per heavy atom. The van der Waals surface area contributed by atoms with Crippen molar-refractivity contribution in [1.82, 2.24) is 0 Å². The summed E-state index contributed by atoms with van der Waals surface area (Å²) in [6, 6.07) is 11.0. The summed E-state index contributed by atoms with van der Waals surface area (Å²) < 4.78 is 0. The van der Waals surface area contributed by atoms with Crippen LogP contribution in [0.1, 0.15) is 44.6 Å². The smallest absolute Gasteiger partial charge is 0.0222 e. The van der Waals surface area contributed by atoms with Crippen LogP contribution < -0.4 is 0 Å². The third-order valence-corrected chi connectivity index (χ3v) is 3.84. The summed E-state index contributed by atoms with van der Waals surface area (Å²) in [5.74, 6) is 0. The molecule has 0 heteroatoms. The molecule has 0 amide bonds. The fourth-order valence-corrected chi connectivity index (χ4v) is 2.81. The summed E-state index contributed by atoms with van der Waals surface area (Å²) in [5.41, 5.74) is 2.16. The Balaban J connectivity index is 2.08. The Morgan fingerprint density at radius 2 is 1.71 bits per heavy atom. The lowest BCUT2D eigenvalue weighted by atomic mass is 9.78. The lowest BCUT2D eigenvalue weighted by Gasteiger charge is -2.27. The van der Waals surface area contributed by atoms with Gasteiger partial charge in [-0.2, -0.15) is 0 Å². The summed E-state index contributed by atoms with van der Waals surface area (Å²) in [6.07, 6.45) is 8.42. The van der Waals surface area contributed by atoms with E-state index in [0.717, 1.165) is 0 Å². The van der Waals surface area contributed by atoms with E-state index in [1.165, 1.54) is 44.1 Å². The first kappa shape index (κ1) is 9.76. The fraction of sp³-hybridized carbons (Fsp3) is 0.571. The maximum atomic E-state index is 2.36. The van der Waals surface area contributed by atoms with Crippen LogP contribution in [-0.2, 0) is 6.42 Å². The Labute approximate surface area is 87.3 Å². The van der Waals surface area contributed by atoms with Crippen molar-refractivity contribution in [2.75, 3.05) is 0 Å². The standard InChI is InChI=1S/C14H20/c1-2-14(10-6-7-11-14)12-13-8-4-3-5-9-13/h3-5,8-9H,2,6-7,10-12H2,1H3. The lowest BCUT2D eigenvalue weighted by Crippen LogP contribution is -2.18. The summed E-state index contributed by atoms with van der Waals surface area (Å²) in [7, 11) is 0. The van der Waals surface area contributed by atoms with Gasteiger partial charge in [-0.05, 0) is 30.2 Å². The fourth-order valence-electron chi connectivity index (χ4n) is 2.81. The van der Waals surface area contributed by atoms with Crippen molar-refractivity contribution in [1.29, 1.82) is 0 Å². The van der Waals surface area contributed by atoms with Gasteiger partial charge in [0.2, 0.25) is 0 Å². The first-order valence-electron chi connectivity index (χ1n) is 5.89. The first-order chi connectivity index (χ1) is 6.85. The number of benzene rings is 1. The average molecular weight is 188 g/mol. The van der Waals surface area contributed by atoms with Gasteiger partial charge in [-0.3, -0.25) is 0 Å². The van der Waals surface area contributed by atoms with E-state index < -0.39 is 0 Å². The molecule has 14 heavy (non-hydrogen) atoms. The van der Waals surface area contributed by atoms with E-state index in [9.17, 15) is 0 Å². The highest BCUT2D eigenvalue weighted by Gasteiger charge is 2.31. The molecule has 0 bridgehead atoms. The van der Waals surface area contributed by atoms with Crippen molar-refractivity contribution in [3.05, 3.63) is 35.9 Å². The highest BCUT2D eigenvalue weighted by atomic mass is 14.4. The van der Waals surface area contributed by atoms with E-state index in [1.54, 1.807) is 0 Å². The monoisotopic (exact) mass is 188 g/mol. The molecule has 76 valence electrons. The summed E-state index contributed by atoms with van der Waals surface area (Å²) in [5, 5.41) is 0. The van der Waals surface area contributed by atoms with E-state index in [2.05, 4.69) is 37.3 Å². The molecule has 0 atom stereocenters. The largest absolute Gasteiger partial charge is 0.0648 e. The highest BCUT2D eigenvalue weighted by Crippen LogP contribution is 2.43. The van der Waals surface area contributed by atoms with Crippen molar-refractivity contribution in [3.8, 4) is 0 Å². The zero-order valence-corrected chi connectivity index (χ0v) is 9.13. The summed E-state index contributed by atoms with van der Waals surface area (Å²) in [4.78, 5) is 0. The minimum Gasteiger partial charge on any atom is -0.0648 e. The van der Waals surface area contributed by atoms with Gasteiger partial charge in [-0.25, -0.2) is 0 Å². The van der Waals surface area contributed by atoms with Gasteiger partial charge in [0, 0.05) is 0 Å². The topological polar surface area (TPSA) is 0 Å². The molecule has 0 aliphatic heterocycles. The molecule has 2 rings (SSSR count). The Hall–Kier alpha value is -0.780. The first-order valence-corrected chi connectivity index (χ1v) is 5.89. The second-order valence-corrected chi connectivity index (χ2v) is 4.72. The maximum Gasteiger partial charge on any atom is -0.0222 e. The van der Waals surface area contributed by atoms with Crippen molar-refractivity contribution in [2.45, 2.75) is 45.4 Å². The van der Waals surface area contributed by atoms with E-state index in [4.69, 9.17) is 0 Å². The second kappa shape index (κ2) is 4.16.